The summed E-state index contributed by atoms with van der Waals surface area (Å²) in [6.45, 7) is 1.69. The lowest BCUT2D eigenvalue weighted by molar-refractivity contribution is -0.0600. The lowest BCUT2D eigenvalue weighted by Gasteiger charge is -2.43. The van der Waals surface area contributed by atoms with E-state index in [1.807, 2.05) is 0 Å². The van der Waals surface area contributed by atoms with E-state index in [4.69, 9.17) is 15.2 Å². The molecule has 2 aromatic rings. The summed E-state index contributed by atoms with van der Waals surface area (Å²) in [5, 5.41) is 22.2. The summed E-state index contributed by atoms with van der Waals surface area (Å²) in [5.41, 5.74) is 4.43. The average Bonchev–Trinajstić information content (AvgIpc) is 3.26. The van der Waals surface area contributed by atoms with Crippen molar-refractivity contribution in [2.24, 2.45) is 11.7 Å². The monoisotopic (exact) mass is 533 g/mol. The second-order valence-corrected chi connectivity index (χ2v) is 10.3. The molecule has 2 amide bonds. The molecule has 4 atom stereocenters. The molecule has 0 aromatic heterocycles. The maximum Gasteiger partial charge on any atom is 0.320 e. The molecule has 38 heavy (non-hydrogen) atoms. The molecule has 8 nitrogen and oxygen atoms in total. The fourth-order valence-corrected chi connectivity index (χ4v) is 5.45. The van der Waals surface area contributed by atoms with E-state index in [-0.39, 0.29) is 37.6 Å². The van der Waals surface area contributed by atoms with Crippen LogP contribution in [0.25, 0.3) is 0 Å². The molecular formula is C28H37F2N3O5. The predicted molar refractivity (Wildman–Crippen MR) is 138 cm³/mol. The second-order valence-electron chi connectivity index (χ2n) is 10.3. The van der Waals surface area contributed by atoms with Crippen molar-refractivity contribution in [3.63, 3.8) is 0 Å². The summed E-state index contributed by atoms with van der Waals surface area (Å²) in [5.74, 6) is -0.702. The van der Waals surface area contributed by atoms with Gasteiger partial charge in [0.15, 0.2) is 0 Å². The minimum absolute atomic E-state index is 0.104. The molecule has 2 aliphatic rings. The highest BCUT2D eigenvalue weighted by Gasteiger charge is 2.44. The van der Waals surface area contributed by atoms with Crippen LogP contribution >= 0.6 is 0 Å². The highest BCUT2D eigenvalue weighted by atomic mass is 19.1. The molecule has 4 N–H and O–H groups in total. The van der Waals surface area contributed by atoms with Gasteiger partial charge in [0.1, 0.15) is 23.1 Å². The van der Waals surface area contributed by atoms with Gasteiger partial charge in [-0.2, -0.15) is 0 Å². The van der Waals surface area contributed by atoms with Crippen molar-refractivity contribution in [2.45, 2.75) is 49.9 Å². The number of unbranched alkanes of at least 4 members (excludes halogenated alkanes) is 1. The molecule has 2 saturated heterocycles. The molecule has 2 heterocycles. The largest absolute Gasteiger partial charge is 0.457 e. The number of nitrogens with two attached hydrogens (primary N) is 1. The van der Waals surface area contributed by atoms with Crippen LogP contribution in [0.2, 0.25) is 0 Å². The summed E-state index contributed by atoms with van der Waals surface area (Å²) in [7, 11) is 1.61. The van der Waals surface area contributed by atoms with E-state index in [9.17, 15) is 19.4 Å². The first kappa shape index (κ1) is 28.2. The maximum atomic E-state index is 15.4. The number of urea groups is 1. The molecule has 2 aliphatic heterocycles. The zero-order valence-electron chi connectivity index (χ0n) is 21.7. The molecule has 0 bridgehead atoms. The normalized spacial score (nSPS) is 23.4. The van der Waals surface area contributed by atoms with Crippen molar-refractivity contribution in [3.8, 4) is 11.5 Å². The highest BCUT2D eigenvalue weighted by Crippen LogP contribution is 2.42. The Hall–Kier alpha value is -2.79. The number of likely N-dealkylation sites (tertiary alicyclic amines) is 2. The zero-order valence-corrected chi connectivity index (χ0v) is 21.7. The van der Waals surface area contributed by atoms with Crippen LogP contribution in [-0.2, 0) is 10.3 Å². The van der Waals surface area contributed by atoms with Crippen LogP contribution in [-0.4, -0.2) is 78.1 Å². The van der Waals surface area contributed by atoms with E-state index in [1.54, 1.807) is 12.0 Å². The van der Waals surface area contributed by atoms with E-state index in [0.717, 1.165) is 0 Å². The Morgan fingerprint density at radius 1 is 1.08 bits per heavy atom. The molecule has 10 heteroatoms. The van der Waals surface area contributed by atoms with Gasteiger partial charge in [-0.15, -0.1) is 0 Å². The first-order chi connectivity index (χ1) is 18.2. The second kappa shape index (κ2) is 12.4. The fourth-order valence-electron chi connectivity index (χ4n) is 5.45. The van der Waals surface area contributed by atoms with E-state index in [0.29, 0.717) is 50.3 Å². The van der Waals surface area contributed by atoms with Gasteiger partial charge in [-0.3, -0.25) is 0 Å². The molecule has 4 unspecified atom stereocenters. The fraction of sp³-hybridized carbons (Fsp3) is 0.536. The number of hydrogen-bond donors (Lipinski definition) is 3. The van der Waals surface area contributed by atoms with Gasteiger partial charge in [0.2, 0.25) is 0 Å². The molecule has 0 spiro atoms. The summed E-state index contributed by atoms with van der Waals surface area (Å²) in [6.07, 6.45) is 2.03. The molecule has 4 rings (SSSR count). The minimum atomic E-state index is -1.57. The average molecular weight is 534 g/mol. The van der Waals surface area contributed by atoms with Gasteiger partial charge >= 0.3 is 6.03 Å². The Labute approximate surface area is 221 Å². The van der Waals surface area contributed by atoms with Crippen LogP contribution in [0.15, 0.2) is 42.5 Å². The number of halogens is 2. The van der Waals surface area contributed by atoms with Crippen LogP contribution in [0, 0.1) is 17.6 Å². The number of ether oxygens (including phenoxy) is 2. The summed E-state index contributed by atoms with van der Waals surface area (Å²) < 4.78 is 39.6. The molecule has 2 aromatic carbocycles. The van der Waals surface area contributed by atoms with Gasteiger partial charge in [-0.05, 0) is 74.6 Å². The molecule has 0 aliphatic carbocycles. The van der Waals surface area contributed by atoms with Crippen LogP contribution in [0.1, 0.15) is 37.7 Å². The van der Waals surface area contributed by atoms with Crippen molar-refractivity contribution in [2.75, 3.05) is 39.9 Å². The molecule has 0 radical (unpaired) electrons. The maximum absolute atomic E-state index is 15.4. The first-order valence-corrected chi connectivity index (χ1v) is 13.1. The SMILES string of the molecule is COCCCCC(O)(c1cc(Oc2ccc(F)cc2)ccc1F)C1CCCN(C(=O)N2CC(N)C(O)C2)C1. The van der Waals surface area contributed by atoms with Crippen molar-refractivity contribution >= 4 is 6.03 Å². The standard InChI is InChI=1S/C28H37F2N3O5/c1-37-14-3-2-12-28(36,19-5-4-13-32(16-19)27(35)33-17-25(31)26(34)18-33)23-15-22(10-11-24(23)30)38-21-8-6-20(29)7-9-21/h6-11,15,19,25-26,34,36H,2-5,12-14,16-18,31H2,1H3. The van der Waals surface area contributed by atoms with Gasteiger partial charge in [0.25, 0.3) is 0 Å². The van der Waals surface area contributed by atoms with Crippen molar-refractivity contribution in [1.82, 2.24) is 9.80 Å². The molecule has 0 saturated carbocycles. The number of rotatable bonds is 9. The number of piperidine rings is 1. The van der Waals surface area contributed by atoms with E-state index >= 15 is 4.39 Å². The van der Waals surface area contributed by atoms with Gasteiger partial charge in [0.05, 0.1) is 11.7 Å². The predicted octanol–water partition coefficient (Wildman–Crippen LogP) is 3.60. The topological polar surface area (TPSA) is 108 Å². The summed E-state index contributed by atoms with van der Waals surface area (Å²) in [6, 6.07) is 8.97. The third-order valence-electron chi connectivity index (χ3n) is 7.58. The number of methoxy groups -OCH3 is 1. The first-order valence-electron chi connectivity index (χ1n) is 13.1. The van der Waals surface area contributed by atoms with Gasteiger partial charge in [-0.25, -0.2) is 13.6 Å². The lowest BCUT2D eigenvalue weighted by Crippen LogP contribution is -2.52. The van der Waals surface area contributed by atoms with Crippen molar-refractivity contribution in [3.05, 3.63) is 59.7 Å². The molecule has 208 valence electrons. The van der Waals surface area contributed by atoms with Crippen LogP contribution in [0.5, 0.6) is 11.5 Å². The quantitative estimate of drug-likeness (QED) is 0.425. The summed E-state index contributed by atoms with van der Waals surface area (Å²) in [4.78, 5) is 16.4. The minimum Gasteiger partial charge on any atom is -0.457 e. The van der Waals surface area contributed by atoms with Gasteiger partial charge in [0, 0.05) is 57.4 Å². The Balaban J connectivity index is 1.59. The van der Waals surface area contributed by atoms with Crippen molar-refractivity contribution < 1.29 is 33.3 Å². The zero-order chi connectivity index (χ0) is 27.3. The molecule has 2 fully saturated rings. The van der Waals surface area contributed by atoms with Gasteiger partial charge in [-0.1, -0.05) is 0 Å². The Morgan fingerprint density at radius 2 is 1.82 bits per heavy atom. The number of nitrogens with zero attached hydrogens (tertiary/aromatic N) is 2. The third-order valence-corrected chi connectivity index (χ3v) is 7.58. The van der Waals surface area contributed by atoms with Gasteiger partial charge < -0.3 is 35.2 Å². The number of aliphatic hydroxyl groups excluding tert-OH is 1. The van der Waals surface area contributed by atoms with Crippen LogP contribution in [0.3, 0.4) is 0 Å². The van der Waals surface area contributed by atoms with E-state index in [2.05, 4.69) is 0 Å². The Kier molecular flexibility index (Phi) is 9.19. The Morgan fingerprint density at radius 3 is 2.50 bits per heavy atom. The number of hydrogen-bond acceptors (Lipinski definition) is 6. The number of carbonyl (C=O) groups is 1. The van der Waals surface area contributed by atoms with Crippen LogP contribution in [0.4, 0.5) is 13.6 Å². The number of benzene rings is 2. The lowest BCUT2D eigenvalue weighted by atomic mass is 9.74. The van der Waals surface area contributed by atoms with E-state index < -0.39 is 35.3 Å². The highest BCUT2D eigenvalue weighted by molar-refractivity contribution is 5.75. The number of carbonyl (C=O) groups excluding carboxylic acids is 1. The number of amides is 2. The Bertz CT molecular complexity index is 1080. The number of β-amino-alcohol motifs (C(OH)–C–C–N with tert-alkyl or cyclic N) is 1. The smallest absolute Gasteiger partial charge is 0.320 e. The summed E-state index contributed by atoms with van der Waals surface area (Å²) >= 11 is 0. The molecular weight excluding hydrogens is 496 g/mol. The number of aliphatic hydroxyl groups is 2. The third kappa shape index (κ3) is 6.43. The van der Waals surface area contributed by atoms with E-state index in [1.165, 1.54) is 47.4 Å². The van der Waals surface area contributed by atoms with Crippen molar-refractivity contribution in [1.29, 1.82) is 0 Å². The van der Waals surface area contributed by atoms with Crippen LogP contribution < -0.4 is 10.5 Å².